The number of piperazine rings is 1. The Labute approximate surface area is 283 Å². The largest absolute Gasteiger partial charge is 0.437 e. The second kappa shape index (κ2) is 17.1. The van der Waals surface area contributed by atoms with Crippen LogP contribution in [0.1, 0.15) is 52.4 Å². The fourth-order valence-corrected chi connectivity index (χ4v) is 36.0. The van der Waals surface area contributed by atoms with Crippen LogP contribution in [-0.2, 0) is 16.5 Å². The molecule has 0 aromatic carbocycles. The van der Waals surface area contributed by atoms with Crippen LogP contribution in [0, 0.1) is 0 Å². The molecule has 0 N–H and O–H groups in total. The van der Waals surface area contributed by atoms with E-state index in [1.165, 1.54) is 111 Å². The first-order valence-corrected chi connectivity index (χ1v) is 36.3. The van der Waals surface area contributed by atoms with Gasteiger partial charge in [0.2, 0.25) is 0 Å². The Morgan fingerprint density at radius 3 is 0.864 bits per heavy atom. The summed E-state index contributed by atoms with van der Waals surface area (Å²) in [7, 11) is -5.98. The first kappa shape index (κ1) is 43.1. The third-order valence-corrected chi connectivity index (χ3v) is 32.6. The van der Waals surface area contributed by atoms with Gasteiger partial charge in [-0.2, -0.15) is 0 Å². The fourth-order valence-electron chi connectivity index (χ4n) is 7.52. The summed E-state index contributed by atoms with van der Waals surface area (Å²) < 4.78 is 29.8. The second-order valence-electron chi connectivity index (χ2n) is 18.2. The minimum absolute atomic E-state index is 1.23. The third-order valence-electron chi connectivity index (χ3n) is 9.67. The van der Waals surface area contributed by atoms with Gasteiger partial charge >= 0.3 is 17.1 Å². The highest BCUT2D eigenvalue weighted by Crippen LogP contribution is 2.29. The Kier molecular flexibility index (Phi) is 16.8. The highest BCUT2D eigenvalue weighted by atomic mass is 28.5. The zero-order chi connectivity index (χ0) is 34.1. The van der Waals surface area contributed by atoms with Gasteiger partial charge in [0, 0.05) is 0 Å². The zero-order valence-electron chi connectivity index (χ0n) is 32.8. The molecule has 0 aliphatic carbocycles. The molecule has 0 aromatic rings. The number of hydrogen-bond donors (Lipinski definition) is 0. The summed E-state index contributed by atoms with van der Waals surface area (Å²) in [6.45, 7) is 40.7. The SMILES string of the molecule is CCCC[Si](C)(C)O[Si](C)(C)O[Si](C)(C)CCC[N+]1(C)CC[N+](C)(CCC[Si](C)(C)O[Si](C)(C)O[Si](C)(C)CCCC)CC1. The Hall–Kier alpha value is 1.06. The number of quaternary nitrogens is 2. The second-order valence-corrected chi connectivity index (χ2v) is 43.2. The van der Waals surface area contributed by atoms with Crippen molar-refractivity contribution in [1.82, 2.24) is 0 Å². The predicted octanol–water partition coefficient (Wildman–Crippen LogP) is 9.56. The van der Waals surface area contributed by atoms with Crippen molar-refractivity contribution in [2.45, 2.75) is 155 Å². The van der Waals surface area contributed by atoms with E-state index in [-0.39, 0.29) is 0 Å². The normalized spacial score (nSPS) is 22.9. The summed E-state index contributed by atoms with van der Waals surface area (Å²) in [5.41, 5.74) is 0. The molecule has 0 radical (unpaired) electrons. The maximum absolute atomic E-state index is 6.91. The van der Waals surface area contributed by atoms with Crippen LogP contribution < -0.4 is 0 Å². The van der Waals surface area contributed by atoms with Gasteiger partial charge in [0.15, 0.2) is 33.3 Å². The minimum atomic E-state index is -2.10. The fraction of sp³-hybridized carbons (Fsp3) is 1.00. The van der Waals surface area contributed by atoms with E-state index in [4.69, 9.17) is 16.5 Å². The van der Waals surface area contributed by atoms with E-state index in [9.17, 15) is 0 Å². The number of unbranched alkanes of at least 4 members (excludes halogenated alkanes) is 2. The van der Waals surface area contributed by atoms with Crippen LogP contribution in [0.25, 0.3) is 0 Å². The maximum atomic E-state index is 6.91. The summed E-state index contributed by atoms with van der Waals surface area (Å²) in [6.07, 6.45) is 7.61. The predicted molar refractivity (Wildman–Crippen MR) is 209 cm³/mol. The summed E-state index contributed by atoms with van der Waals surface area (Å²) in [5.74, 6) is 0. The zero-order valence-corrected chi connectivity index (χ0v) is 38.8. The quantitative estimate of drug-likeness (QED) is 0.0824. The van der Waals surface area contributed by atoms with Gasteiger partial charge in [-0.3, -0.25) is 0 Å². The van der Waals surface area contributed by atoms with Crippen molar-refractivity contribution < 1.29 is 25.4 Å². The summed E-state index contributed by atoms with van der Waals surface area (Å²) >= 11 is 0. The molecule has 0 saturated carbocycles. The first-order chi connectivity index (χ1) is 19.8. The van der Waals surface area contributed by atoms with Gasteiger partial charge in [0.25, 0.3) is 0 Å². The van der Waals surface area contributed by atoms with Gasteiger partial charge in [-0.05, 0) is 116 Å². The van der Waals surface area contributed by atoms with E-state index < -0.39 is 50.4 Å². The van der Waals surface area contributed by atoms with Crippen molar-refractivity contribution in [3.05, 3.63) is 0 Å². The smallest absolute Gasteiger partial charge is 0.311 e. The molecule has 0 bridgehead atoms. The molecule has 0 spiro atoms. The summed E-state index contributed by atoms with van der Waals surface area (Å²) in [5, 5.41) is 0. The molecule has 264 valence electrons. The number of rotatable bonds is 22. The van der Waals surface area contributed by atoms with Crippen molar-refractivity contribution in [3.63, 3.8) is 0 Å². The van der Waals surface area contributed by atoms with Crippen LogP contribution in [0.2, 0.25) is 103 Å². The van der Waals surface area contributed by atoms with Gasteiger partial charge in [-0.1, -0.05) is 39.5 Å². The third kappa shape index (κ3) is 18.0. The van der Waals surface area contributed by atoms with E-state index in [2.05, 4.69) is 107 Å². The molecular weight excluding hydrogens is 645 g/mol. The molecule has 1 fully saturated rings. The van der Waals surface area contributed by atoms with Crippen LogP contribution >= 0.6 is 0 Å². The van der Waals surface area contributed by atoms with Crippen LogP contribution in [0.3, 0.4) is 0 Å². The van der Waals surface area contributed by atoms with E-state index in [0.717, 1.165) is 0 Å². The molecular formula is C32H80N2O4Si6+2. The molecule has 1 aliphatic rings. The lowest BCUT2D eigenvalue weighted by Crippen LogP contribution is -2.64. The van der Waals surface area contributed by atoms with E-state index in [1.807, 2.05) is 0 Å². The van der Waals surface area contributed by atoms with Gasteiger partial charge < -0.3 is 25.4 Å². The van der Waals surface area contributed by atoms with Crippen molar-refractivity contribution in [2.75, 3.05) is 53.4 Å². The van der Waals surface area contributed by atoms with Crippen molar-refractivity contribution in [1.29, 1.82) is 0 Å². The van der Waals surface area contributed by atoms with E-state index >= 15 is 0 Å². The number of likely N-dealkylation sites (N-methyl/N-ethyl adjacent to an activating group) is 2. The lowest BCUT2D eigenvalue weighted by atomic mass is 10.2. The molecule has 1 rings (SSSR count). The molecule has 1 aliphatic heterocycles. The highest BCUT2D eigenvalue weighted by Gasteiger charge is 2.42. The number of hydrogen-bond acceptors (Lipinski definition) is 4. The summed E-state index contributed by atoms with van der Waals surface area (Å²) in [4.78, 5) is 0. The molecule has 0 unspecified atom stereocenters. The van der Waals surface area contributed by atoms with Gasteiger partial charge in [-0.25, -0.2) is 0 Å². The minimum Gasteiger partial charge on any atom is -0.437 e. The van der Waals surface area contributed by atoms with Crippen molar-refractivity contribution in [3.8, 4) is 0 Å². The highest BCUT2D eigenvalue weighted by molar-refractivity contribution is 6.88. The molecule has 6 nitrogen and oxygen atoms in total. The molecule has 1 saturated heterocycles. The molecule has 0 aromatic heterocycles. The monoisotopic (exact) mass is 724 g/mol. The topological polar surface area (TPSA) is 36.9 Å². The van der Waals surface area contributed by atoms with Gasteiger partial charge in [0.05, 0.1) is 27.2 Å². The molecule has 0 amide bonds. The Balaban J connectivity index is 2.52. The molecule has 1 heterocycles. The molecule has 44 heavy (non-hydrogen) atoms. The lowest BCUT2D eigenvalue weighted by Gasteiger charge is -2.47. The average Bonchev–Trinajstić information content (AvgIpc) is 2.80. The maximum Gasteiger partial charge on any atom is 0.311 e. The molecule has 0 atom stereocenters. The molecule has 12 heteroatoms. The first-order valence-electron chi connectivity index (χ1n) is 18.3. The van der Waals surface area contributed by atoms with E-state index in [0.29, 0.717) is 0 Å². The van der Waals surface area contributed by atoms with Crippen molar-refractivity contribution in [2.24, 2.45) is 0 Å². The Morgan fingerprint density at radius 1 is 0.409 bits per heavy atom. The summed E-state index contributed by atoms with van der Waals surface area (Å²) in [6, 6.07) is 4.98. The average molecular weight is 726 g/mol. The van der Waals surface area contributed by atoms with Crippen LogP contribution in [0.15, 0.2) is 0 Å². The van der Waals surface area contributed by atoms with Crippen LogP contribution in [0.5, 0.6) is 0 Å². The van der Waals surface area contributed by atoms with Gasteiger partial charge in [0.1, 0.15) is 26.2 Å². The van der Waals surface area contributed by atoms with Crippen LogP contribution in [-0.4, -0.2) is 113 Å². The Bertz CT molecular complexity index is 779. The Morgan fingerprint density at radius 2 is 0.636 bits per heavy atom. The standard InChI is InChI=1S/C32H80N2O4Si6/c1-17-19-29-39(5,6)35-43(13,14)37-41(9,10)31-21-23-33(3)25-27-34(4,28-26-33)24-22-32-42(11,12)38-44(15,16)36-40(7,8)30-20-18-2/h17-32H2,1-16H3/q+2. The van der Waals surface area contributed by atoms with Crippen molar-refractivity contribution >= 4 is 50.4 Å². The number of nitrogens with zero attached hydrogens (tertiary/aromatic N) is 2. The van der Waals surface area contributed by atoms with Crippen LogP contribution in [0.4, 0.5) is 0 Å². The van der Waals surface area contributed by atoms with Gasteiger partial charge in [-0.15, -0.1) is 0 Å². The van der Waals surface area contributed by atoms with E-state index in [1.54, 1.807) is 0 Å². The lowest BCUT2D eigenvalue weighted by molar-refractivity contribution is -1.02.